The minimum Gasteiger partial charge on any atom is -0.481 e. The van der Waals surface area contributed by atoms with Gasteiger partial charge in [0.2, 0.25) is 5.91 Å². The first kappa shape index (κ1) is 12.6. The number of carboxylic acids is 1. The van der Waals surface area contributed by atoms with Gasteiger partial charge in [0.15, 0.2) is 0 Å². The molecule has 1 aliphatic rings. The molecule has 2 amide bonds. The van der Waals surface area contributed by atoms with Gasteiger partial charge in [-0.1, -0.05) is 36.0 Å². The quantitative estimate of drug-likeness (QED) is 0.893. The summed E-state index contributed by atoms with van der Waals surface area (Å²) in [4.78, 5) is 34.5. The van der Waals surface area contributed by atoms with E-state index in [-0.39, 0.29) is 29.9 Å². The molecule has 2 rings (SSSR count). The van der Waals surface area contributed by atoms with Crippen LogP contribution in [0, 0.1) is 0 Å². The molecule has 18 heavy (non-hydrogen) atoms. The number of imide groups is 1. The van der Waals surface area contributed by atoms with Crippen LogP contribution < -0.4 is 0 Å². The molecule has 0 atom stereocenters. The summed E-state index contributed by atoms with van der Waals surface area (Å²) in [7, 11) is 0. The summed E-state index contributed by atoms with van der Waals surface area (Å²) in [5.41, 5.74) is 1.51. The summed E-state index contributed by atoms with van der Waals surface area (Å²) in [5, 5.41) is 8.41. The van der Waals surface area contributed by atoms with Crippen molar-refractivity contribution in [2.45, 2.75) is 13.0 Å². The fourth-order valence-electron chi connectivity index (χ4n) is 1.65. The largest absolute Gasteiger partial charge is 0.481 e. The van der Waals surface area contributed by atoms with Crippen LogP contribution in [0.3, 0.4) is 0 Å². The van der Waals surface area contributed by atoms with Gasteiger partial charge < -0.3 is 5.11 Å². The van der Waals surface area contributed by atoms with Crippen LogP contribution in [0.25, 0.3) is 0 Å². The second-order valence-electron chi connectivity index (χ2n) is 3.92. The molecule has 0 unspecified atom stereocenters. The maximum atomic E-state index is 11.4. The van der Waals surface area contributed by atoms with Crippen LogP contribution in [0.15, 0.2) is 24.3 Å². The highest BCUT2D eigenvalue weighted by atomic mass is 32.2. The van der Waals surface area contributed by atoms with Crippen molar-refractivity contribution in [2.24, 2.45) is 0 Å². The van der Waals surface area contributed by atoms with Crippen molar-refractivity contribution < 1.29 is 19.5 Å². The topological polar surface area (TPSA) is 74.7 Å². The van der Waals surface area contributed by atoms with Crippen LogP contribution in [-0.2, 0) is 22.6 Å². The molecule has 0 radical (unpaired) electrons. The van der Waals surface area contributed by atoms with Gasteiger partial charge >= 0.3 is 5.97 Å². The average Bonchev–Trinajstić information content (AvgIpc) is 2.63. The Bertz CT molecular complexity index is 481. The first-order chi connectivity index (χ1) is 8.56. The van der Waals surface area contributed by atoms with E-state index in [1.54, 1.807) is 24.3 Å². The van der Waals surface area contributed by atoms with E-state index in [1.165, 1.54) is 4.90 Å². The number of amides is 2. The molecule has 0 aromatic heterocycles. The standard InChI is InChI=1S/C12H11NO4S/c14-10-7-18-12(17)13(10)6-9-3-1-8(2-4-9)5-11(15)16/h1-4H,5-7H2,(H,15,16). The molecule has 0 spiro atoms. The van der Waals surface area contributed by atoms with E-state index in [0.29, 0.717) is 5.56 Å². The Balaban J connectivity index is 2.04. The molecule has 0 aliphatic carbocycles. The summed E-state index contributed by atoms with van der Waals surface area (Å²) in [6, 6.07) is 6.87. The summed E-state index contributed by atoms with van der Waals surface area (Å²) in [5.74, 6) is -0.862. The smallest absolute Gasteiger partial charge is 0.307 e. The predicted octanol–water partition coefficient (Wildman–Crippen LogP) is 1.51. The molecule has 1 aliphatic heterocycles. The third kappa shape index (κ3) is 2.89. The third-order valence-corrected chi connectivity index (χ3v) is 3.42. The Labute approximate surface area is 108 Å². The summed E-state index contributed by atoms with van der Waals surface area (Å²) in [6.45, 7) is 0.248. The van der Waals surface area contributed by atoms with Gasteiger partial charge in [-0.25, -0.2) is 0 Å². The van der Waals surface area contributed by atoms with E-state index in [0.717, 1.165) is 17.3 Å². The van der Waals surface area contributed by atoms with E-state index >= 15 is 0 Å². The number of thioether (sulfide) groups is 1. The van der Waals surface area contributed by atoms with Crippen molar-refractivity contribution in [1.82, 2.24) is 4.90 Å². The van der Waals surface area contributed by atoms with Crippen LogP contribution in [0.2, 0.25) is 0 Å². The van der Waals surface area contributed by atoms with Crippen LogP contribution in [0.5, 0.6) is 0 Å². The Kier molecular flexibility index (Phi) is 3.66. The van der Waals surface area contributed by atoms with Crippen molar-refractivity contribution in [1.29, 1.82) is 0 Å². The highest BCUT2D eigenvalue weighted by molar-refractivity contribution is 8.14. The second kappa shape index (κ2) is 5.22. The zero-order chi connectivity index (χ0) is 13.1. The Morgan fingerprint density at radius 3 is 2.33 bits per heavy atom. The summed E-state index contributed by atoms with van der Waals surface area (Å²) in [6.07, 6.45) is -0.0301. The van der Waals surface area contributed by atoms with Gasteiger partial charge in [-0.3, -0.25) is 19.3 Å². The van der Waals surface area contributed by atoms with Crippen molar-refractivity contribution in [3.05, 3.63) is 35.4 Å². The minimum atomic E-state index is -0.885. The van der Waals surface area contributed by atoms with E-state index in [1.807, 2.05) is 0 Å². The van der Waals surface area contributed by atoms with E-state index in [9.17, 15) is 14.4 Å². The zero-order valence-electron chi connectivity index (χ0n) is 9.46. The number of carboxylic acid groups (broad SMARTS) is 1. The Hall–Kier alpha value is -1.82. The molecule has 6 heteroatoms. The molecular formula is C12H11NO4S. The number of rotatable bonds is 4. The maximum absolute atomic E-state index is 11.4. The van der Waals surface area contributed by atoms with Gasteiger partial charge in [0.25, 0.3) is 5.24 Å². The first-order valence-electron chi connectivity index (χ1n) is 5.33. The fourth-order valence-corrected chi connectivity index (χ4v) is 2.38. The lowest BCUT2D eigenvalue weighted by atomic mass is 10.1. The molecule has 1 heterocycles. The molecular weight excluding hydrogens is 254 g/mol. The molecule has 1 aromatic rings. The zero-order valence-corrected chi connectivity index (χ0v) is 10.3. The SMILES string of the molecule is O=C(O)Cc1ccc(CN2C(=O)CSC2=O)cc1. The molecule has 1 fully saturated rings. The number of hydrogen-bond acceptors (Lipinski definition) is 4. The molecule has 1 aromatic carbocycles. The highest BCUT2D eigenvalue weighted by Crippen LogP contribution is 2.21. The van der Waals surface area contributed by atoms with Gasteiger partial charge in [0, 0.05) is 0 Å². The monoisotopic (exact) mass is 265 g/mol. The van der Waals surface area contributed by atoms with Gasteiger partial charge in [-0.15, -0.1) is 0 Å². The Morgan fingerprint density at radius 1 is 1.22 bits per heavy atom. The predicted molar refractivity (Wildman–Crippen MR) is 66.2 cm³/mol. The Morgan fingerprint density at radius 2 is 1.83 bits per heavy atom. The highest BCUT2D eigenvalue weighted by Gasteiger charge is 2.29. The van der Waals surface area contributed by atoms with Gasteiger partial charge in [0.1, 0.15) is 0 Å². The lowest BCUT2D eigenvalue weighted by Crippen LogP contribution is -2.27. The van der Waals surface area contributed by atoms with Crippen molar-refractivity contribution in [2.75, 3.05) is 5.75 Å². The van der Waals surface area contributed by atoms with Crippen LogP contribution in [0.1, 0.15) is 11.1 Å². The lowest BCUT2D eigenvalue weighted by Gasteiger charge is -2.12. The van der Waals surface area contributed by atoms with E-state index in [2.05, 4.69) is 0 Å². The van der Waals surface area contributed by atoms with Crippen molar-refractivity contribution in [3.8, 4) is 0 Å². The average molecular weight is 265 g/mol. The molecule has 0 bridgehead atoms. The maximum Gasteiger partial charge on any atom is 0.307 e. The van der Waals surface area contributed by atoms with E-state index < -0.39 is 5.97 Å². The van der Waals surface area contributed by atoms with Crippen molar-refractivity contribution >= 4 is 28.9 Å². The third-order valence-electron chi connectivity index (χ3n) is 2.56. The lowest BCUT2D eigenvalue weighted by molar-refractivity contribution is -0.136. The van der Waals surface area contributed by atoms with Gasteiger partial charge in [0.05, 0.1) is 18.7 Å². The number of carbonyl (C=O) groups is 3. The van der Waals surface area contributed by atoms with Crippen LogP contribution in [0.4, 0.5) is 4.79 Å². The molecule has 94 valence electrons. The molecule has 0 saturated carbocycles. The number of benzene rings is 1. The van der Waals surface area contributed by atoms with E-state index in [4.69, 9.17) is 5.11 Å². The van der Waals surface area contributed by atoms with Crippen LogP contribution in [-0.4, -0.2) is 32.9 Å². The summed E-state index contributed by atoms with van der Waals surface area (Å²) < 4.78 is 0. The van der Waals surface area contributed by atoms with Crippen LogP contribution >= 0.6 is 11.8 Å². The number of carbonyl (C=O) groups excluding carboxylic acids is 2. The molecule has 1 saturated heterocycles. The second-order valence-corrected chi connectivity index (χ2v) is 4.85. The van der Waals surface area contributed by atoms with Gasteiger partial charge in [-0.05, 0) is 11.1 Å². The first-order valence-corrected chi connectivity index (χ1v) is 6.31. The summed E-state index contributed by atoms with van der Waals surface area (Å²) >= 11 is 1.00. The number of aliphatic carboxylic acids is 1. The number of hydrogen-bond donors (Lipinski definition) is 1. The minimum absolute atomic E-state index is 0.0301. The molecule has 1 N–H and O–H groups in total. The van der Waals surface area contributed by atoms with Crippen molar-refractivity contribution in [3.63, 3.8) is 0 Å². The molecule has 5 nitrogen and oxygen atoms in total. The number of nitrogens with zero attached hydrogens (tertiary/aromatic N) is 1. The fraction of sp³-hybridized carbons (Fsp3) is 0.250. The normalized spacial score (nSPS) is 15.2. The van der Waals surface area contributed by atoms with Gasteiger partial charge in [-0.2, -0.15) is 0 Å².